The summed E-state index contributed by atoms with van der Waals surface area (Å²) in [5.41, 5.74) is 1.03. The van der Waals surface area contributed by atoms with Gasteiger partial charge in [-0.25, -0.2) is 0 Å². The van der Waals surface area contributed by atoms with Gasteiger partial charge in [-0.15, -0.1) is 0 Å². The van der Waals surface area contributed by atoms with Crippen LogP contribution in [-0.4, -0.2) is 17.2 Å². The lowest BCUT2D eigenvalue weighted by atomic mass is 9.78. The Balaban J connectivity index is 1.68. The first-order valence-corrected chi connectivity index (χ1v) is 7.52. The number of aliphatic hydroxyl groups is 1. The van der Waals surface area contributed by atoms with E-state index in [2.05, 4.69) is 0 Å². The van der Waals surface area contributed by atoms with E-state index in [4.69, 9.17) is 4.74 Å². The molecule has 0 radical (unpaired) electrons. The van der Waals surface area contributed by atoms with Crippen molar-refractivity contribution in [3.8, 4) is 0 Å². The van der Waals surface area contributed by atoms with E-state index < -0.39 is 0 Å². The molecule has 0 spiro atoms. The summed E-state index contributed by atoms with van der Waals surface area (Å²) < 4.78 is 5.32. The average molecular weight is 276 g/mol. The number of hydrogen-bond acceptors (Lipinski definition) is 3. The maximum atomic E-state index is 11.8. The Labute approximate surface area is 121 Å². The third-order valence-electron chi connectivity index (χ3n) is 4.27. The highest BCUT2D eigenvalue weighted by Gasteiger charge is 2.25. The SMILES string of the molecule is CC(O)C1CCC(CC(=O)OCc2ccccc2)CC1. The molecule has 0 saturated heterocycles. The molecular weight excluding hydrogens is 252 g/mol. The third-order valence-corrected chi connectivity index (χ3v) is 4.27. The fraction of sp³-hybridized carbons (Fsp3) is 0.588. The minimum atomic E-state index is -0.221. The van der Waals surface area contributed by atoms with Crippen molar-refractivity contribution in [3.63, 3.8) is 0 Å². The van der Waals surface area contributed by atoms with Crippen molar-refractivity contribution in [1.82, 2.24) is 0 Å². The molecule has 1 aliphatic carbocycles. The molecule has 1 aliphatic rings. The Morgan fingerprint density at radius 2 is 1.90 bits per heavy atom. The minimum Gasteiger partial charge on any atom is -0.461 e. The normalized spacial score (nSPS) is 24.1. The van der Waals surface area contributed by atoms with E-state index in [-0.39, 0.29) is 12.1 Å². The van der Waals surface area contributed by atoms with Crippen LogP contribution in [-0.2, 0) is 16.1 Å². The summed E-state index contributed by atoms with van der Waals surface area (Å²) in [7, 11) is 0. The monoisotopic (exact) mass is 276 g/mol. The second-order valence-corrected chi connectivity index (χ2v) is 5.87. The highest BCUT2D eigenvalue weighted by atomic mass is 16.5. The van der Waals surface area contributed by atoms with Gasteiger partial charge in [-0.1, -0.05) is 30.3 Å². The number of rotatable bonds is 5. The zero-order valence-corrected chi connectivity index (χ0v) is 12.1. The van der Waals surface area contributed by atoms with Gasteiger partial charge in [0.15, 0.2) is 0 Å². The molecule has 1 aromatic carbocycles. The maximum absolute atomic E-state index is 11.8. The van der Waals surface area contributed by atoms with Gasteiger partial charge in [0.05, 0.1) is 6.10 Å². The topological polar surface area (TPSA) is 46.5 Å². The van der Waals surface area contributed by atoms with Crippen LogP contribution in [0.3, 0.4) is 0 Å². The molecule has 0 heterocycles. The number of esters is 1. The van der Waals surface area contributed by atoms with Gasteiger partial charge >= 0.3 is 5.97 Å². The standard InChI is InChI=1S/C17H24O3/c1-13(18)16-9-7-14(8-10-16)11-17(19)20-12-15-5-3-2-4-6-15/h2-6,13-14,16,18H,7-12H2,1H3. The third kappa shape index (κ3) is 4.64. The number of benzene rings is 1. The summed E-state index contributed by atoms with van der Waals surface area (Å²) >= 11 is 0. The van der Waals surface area contributed by atoms with E-state index in [1.54, 1.807) is 0 Å². The highest BCUT2D eigenvalue weighted by Crippen LogP contribution is 2.32. The Morgan fingerprint density at radius 1 is 1.25 bits per heavy atom. The molecule has 1 atom stereocenters. The molecule has 1 unspecified atom stereocenters. The Bertz CT molecular complexity index is 406. The smallest absolute Gasteiger partial charge is 0.306 e. The molecule has 0 amide bonds. The molecule has 3 heteroatoms. The van der Waals surface area contributed by atoms with Crippen LogP contribution >= 0.6 is 0 Å². The van der Waals surface area contributed by atoms with Crippen molar-refractivity contribution in [1.29, 1.82) is 0 Å². The lowest BCUT2D eigenvalue weighted by Gasteiger charge is -2.29. The molecule has 0 aromatic heterocycles. The van der Waals surface area contributed by atoms with Crippen LogP contribution in [0.1, 0.15) is 44.6 Å². The van der Waals surface area contributed by atoms with Crippen LogP contribution in [0, 0.1) is 11.8 Å². The second-order valence-electron chi connectivity index (χ2n) is 5.87. The lowest BCUT2D eigenvalue weighted by Crippen LogP contribution is -2.24. The van der Waals surface area contributed by atoms with Crippen LogP contribution in [0.25, 0.3) is 0 Å². The Hall–Kier alpha value is -1.35. The first-order valence-electron chi connectivity index (χ1n) is 7.52. The van der Waals surface area contributed by atoms with Crippen LogP contribution in [0.15, 0.2) is 30.3 Å². The van der Waals surface area contributed by atoms with Crippen molar-refractivity contribution < 1.29 is 14.6 Å². The summed E-state index contributed by atoms with van der Waals surface area (Å²) in [6.45, 7) is 2.22. The van der Waals surface area contributed by atoms with Gasteiger partial charge in [-0.3, -0.25) is 4.79 Å². The van der Waals surface area contributed by atoms with Crippen molar-refractivity contribution in [2.75, 3.05) is 0 Å². The number of aliphatic hydroxyl groups excluding tert-OH is 1. The average Bonchev–Trinajstić information content (AvgIpc) is 2.47. The Kier molecular flexibility index (Phi) is 5.60. The number of carbonyl (C=O) groups excluding carboxylic acids is 1. The second kappa shape index (κ2) is 7.44. The predicted molar refractivity (Wildman–Crippen MR) is 78.0 cm³/mol. The van der Waals surface area contributed by atoms with Crippen LogP contribution in [0.5, 0.6) is 0 Å². The number of hydrogen-bond donors (Lipinski definition) is 1. The molecule has 0 aliphatic heterocycles. The molecule has 1 N–H and O–H groups in total. The zero-order chi connectivity index (χ0) is 14.4. The number of carbonyl (C=O) groups is 1. The summed E-state index contributed by atoms with van der Waals surface area (Å²) in [4.78, 5) is 11.8. The van der Waals surface area contributed by atoms with E-state index >= 15 is 0 Å². The van der Waals surface area contributed by atoms with E-state index in [0.29, 0.717) is 24.9 Å². The highest BCUT2D eigenvalue weighted by molar-refractivity contribution is 5.69. The minimum absolute atomic E-state index is 0.102. The first-order chi connectivity index (χ1) is 9.65. The Morgan fingerprint density at radius 3 is 2.50 bits per heavy atom. The fourth-order valence-electron chi connectivity index (χ4n) is 2.91. The van der Waals surface area contributed by atoms with Crippen molar-refractivity contribution >= 4 is 5.97 Å². The van der Waals surface area contributed by atoms with E-state index in [9.17, 15) is 9.90 Å². The molecule has 20 heavy (non-hydrogen) atoms. The lowest BCUT2D eigenvalue weighted by molar-refractivity contribution is -0.146. The molecule has 3 nitrogen and oxygen atoms in total. The van der Waals surface area contributed by atoms with Crippen molar-refractivity contribution in [2.24, 2.45) is 11.8 Å². The van der Waals surface area contributed by atoms with Gasteiger partial charge < -0.3 is 9.84 Å². The van der Waals surface area contributed by atoms with Crippen LogP contribution in [0.2, 0.25) is 0 Å². The van der Waals surface area contributed by atoms with Crippen molar-refractivity contribution in [3.05, 3.63) is 35.9 Å². The molecule has 1 saturated carbocycles. The zero-order valence-electron chi connectivity index (χ0n) is 12.1. The van der Waals surface area contributed by atoms with Gasteiger partial charge in [0.2, 0.25) is 0 Å². The largest absolute Gasteiger partial charge is 0.461 e. The molecular formula is C17H24O3. The first kappa shape index (κ1) is 15.0. The van der Waals surface area contributed by atoms with Gasteiger partial charge in [0.1, 0.15) is 6.61 Å². The van der Waals surface area contributed by atoms with Gasteiger partial charge in [-0.2, -0.15) is 0 Å². The molecule has 0 bridgehead atoms. The summed E-state index contributed by atoms with van der Waals surface area (Å²) in [6, 6.07) is 9.76. The van der Waals surface area contributed by atoms with Gasteiger partial charge in [0.25, 0.3) is 0 Å². The van der Waals surface area contributed by atoms with E-state index in [0.717, 1.165) is 31.2 Å². The van der Waals surface area contributed by atoms with Crippen LogP contribution in [0.4, 0.5) is 0 Å². The summed E-state index contributed by atoms with van der Waals surface area (Å²) in [6.07, 6.45) is 4.38. The van der Waals surface area contributed by atoms with E-state index in [1.807, 2.05) is 37.3 Å². The van der Waals surface area contributed by atoms with Gasteiger partial charge in [-0.05, 0) is 50.0 Å². The molecule has 1 fully saturated rings. The molecule has 2 rings (SSSR count). The molecule has 110 valence electrons. The van der Waals surface area contributed by atoms with Crippen LogP contribution < -0.4 is 0 Å². The molecule has 1 aromatic rings. The predicted octanol–water partition coefficient (Wildman–Crippen LogP) is 3.31. The quantitative estimate of drug-likeness (QED) is 0.839. The maximum Gasteiger partial charge on any atom is 0.306 e. The van der Waals surface area contributed by atoms with Crippen molar-refractivity contribution in [2.45, 2.75) is 51.7 Å². The fourth-order valence-corrected chi connectivity index (χ4v) is 2.91. The number of ether oxygens (including phenoxy) is 1. The summed E-state index contributed by atoms with van der Waals surface area (Å²) in [5, 5.41) is 9.56. The van der Waals surface area contributed by atoms with Gasteiger partial charge in [0, 0.05) is 6.42 Å². The van der Waals surface area contributed by atoms with E-state index in [1.165, 1.54) is 0 Å². The summed E-state index contributed by atoms with van der Waals surface area (Å²) in [5.74, 6) is 0.731.